The van der Waals surface area contributed by atoms with Crippen molar-refractivity contribution < 1.29 is 4.42 Å². The molecule has 2 heteroatoms. The standard InChI is InChI=1S/C10H15NO/c1-10(2,11)9-6-5-8(12-9)7-3-4-7/h5-7H,3-4,11H2,1-2H3. The minimum absolute atomic E-state index is 0.340. The van der Waals surface area contributed by atoms with Gasteiger partial charge < -0.3 is 10.2 Å². The molecule has 1 aromatic heterocycles. The van der Waals surface area contributed by atoms with Crippen LogP contribution in [0, 0.1) is 0 Å². The van der Waals surface area contributed by atoms with E-state index in [1.54, 1.807) is 0 Å². The summed E-state index contributed by atoms with van der Waals surface area (Å²) in [6.45, 7) is 3.92. The Labute approximate surface area is 72.7 Å². The second-order valence-electron chi connectivity index (χ2n) is 4.20. The van der Waals surface area contributed by atoms with E-state index in [9.17, 15) is 0 Å². The third-order valence-corrected chi connectivity index (χ3v) is 2.24. The Morgan fingerprint density at radius 2 is 2.08 bits per heavy atom. The lowest BCUT2D eigenvalue weighted by molar-refractivity contribution is 0.374. The molecule has 0 atom stereocenters. The second-order valence-corrected chi connectivity index (χ2v) is 4.20. The van der Waals surface area contributed by atoms with Crippen LogP contribution in [-0.2, 0) is 5.54 Å². The van der Waals surface area contributed by atoms with Gasteiger partial charge in [0.25, 0.3) is 0 Å². The molecule has 1 aliphatic carbocycles. The normalized spacial score (nSPS) is 18.2. The first kappa shape index (κ1) is 7.87. The van der Waals surface area contributed by atoms with Crippen LogP contribution in [0.15, 0.2) is 16.5 Å². The van der Waals surface area contributed by atoms with Gasteiger partial charge in [0.2, 0.25) is 0 Å². The molecule has 0 bridgehead atoms. The third-order valence-electron chi connectivity index (χ3n) is 2.24. The van der Waals surface area contributed by atoms with Gasteiger partial charge in [-0.25, -0.2) is 0 Å². The molecule has 2 N–H and O–H groups in total. The molecular formula is C10H15NO. The van der Waals surface area contributed by atoms with Crippen molar-refractivity contribution in [2.75, 3.05) is 0 Å². The summed E-state index contributed by atoms with van der Waals surface area (Å²) in [6, 6.07) is 4.05. The number of furan rings is 1. The van der Waals surface area contributed by atoms with Crippen LogP contribution in [0.5, 0.6) is 0 Å². The largest absolute Gasteiger partial charge is 0.464 e. The minimum atomic E-state index is -0.340. The first-order valence-electron chi connectivity index (χ1n) is 4.46. The van der Waals surface area contributed by atoms with Crippen molar-refractivity contribution in [2.45, 2.75) is 38.1 Å². The van der Waals surface area contributed by atoms with Crippen LogP contribution >= 0.6 is 0 Å². The molecule has 66 valence electrons. The maximum absolute atomic E-state index is 5.90. The van der Waals surface area contributed by atoms with Gasteiger partial charge in [0.1, 0.15) is 11.5 Å². The fraction of sp³-hybridized carbons (Fsp3) is 0.600. The molecule has 1 fully saturated rings. The SMILES string of the molecule is CC(C)(N)c1ccc(C2CC2)o1. The summed E-state index contributed by atoms with van der Waals surface area (Å²) in [5, 5.41) is 0. The average Bonchev–Trinajstić information content (AvgIpc) is 2.66. The van der Waals surface area contributed by atoms with Gasteiger partial charge in [-0.15, -0.1) is 0 Å². The predicted octanol–water partition coefficient (Wildman–Crippen LogP) is 2.35. The Morgan fingerprint density at radius 1 is 1.42 bits per heavy atom. The molecule has 0 aromatic carbocycles. The Balaban J connectivity index is 2.23. The van der Waals surface area contributed by atoms with Gasteiger partial charge in [0, 0.05) is 5.92 Å². The van der Waals surface area contributed by atoms with Gasteiger partial charge in [-0.2, -0.15) is 0 Å². The maximum atomic E-state index is 5.90. The fourth-order valence-corrected chi connectivity index (χ4v) is 1.29. The van der Waals surface area contributed by atoms with Crippen molar-refractivity contribution in [3.05, 3.63) is 23.7 Å². The molecule has 2 nitrogen and oxygen atoms in total. The molecule has 0 amide bonds. The summed E-state index contributed by atoms with van der Waals surface area (Å²) in [6.07, 6.45) is 2.55. The Morgan fingerprint density at radius 3 is 2.50 bits per heavy atom. The quantitative estimate of drug-likeness (QED) is 0.730. The van der Waals surface area contributed by atoms with Crippen LogP contribution < -0.4 is 5.73 Å². The number of rotatable bonds is 2. The Hall–Kier alpha value is -0.760. The van der Waals surface area contributed by atoms with Gasteiger partial charge in [0.05, 0.1) is 5.54 Å². The molecule has 1 heterocycles. The topological polar surface area (TPSA) is 39.2 Å². The zero-order chi connectivity index (χ0) is 8.77. The third kappa shape index (κ3) is 1.39. The van der Waals surface area contributed by atoms with Crippen molar-refractivity contribution in [3.8, 4) is 0 Å². The molecule has 2 rings (SSSR count). The van der Waals surface area contributed by atoms with Crippen LogP contribution in [-0.4, -0.2) is 0 Å². The summed E-state index contributed by atoms with van der Waals surface area (Å²) in [7, 11) is 0. The molecule has 1 aliphatic rings. The number of hydrogen-bond acceptors (Lipinski definition) is 2. The van der Waals surface area contributed by atoms with Crippen LogP contribution in [0.3, 0.4) is 0 Å². The molecule has 0 saturated heterocycles. The predicted molar refractivity (Wildman–Crippen MR) is 47.9 cm³/mol. The zero-order valence-corrected chi connectivity index (χ0v) is 7.63. The average molecular weight is 165 g/mol. The molecule has 0 aliphatic heterocycles. The van der Waals surface area contributed by atoms with E-state index in [0.29, 0.717) is 5.92 Å². The van der Waals surface area contributed by atoms with Crippen LogP contribution in [0.25, 0.3) is 0 Å². The van der Waals surface area contributed by atoms with E-state index in [2.05, 4.69) is 6.07 Å². The van der Waals surface area contributed by atoms with E-state index < -0.39 is 0 Å². The van der Waals surface area contributed by atoms with E-state index >= 15 is 0 Å². The monoisotopic (exact) mass is 165 g/mol. The highest BCUT2D eigenvalue weighted by atomic mass is 16.3. The van der Waals surface area contributed by atoms with E-state index in [-0.39, 0.29) is 5.54 Å². The fourth-order valence-electron chi connectivity index (χ4n) is 1.29. The zero-order valence-electron chi connectivity index (χ0n) is 7.63. The molecule has 12 heavy (non-hydrogen) atoms. The summed E-state index contributed by atoms with van der Waals surface area (Å²) < 4.78 is 5.65. The lowest BCUT2D eigenvalue weighted by Gasteiger charge is -2.14. The highest BCUT2D eigenvalue weighted by molar-refractivity contribution is 5.19. The highest BCUT2D eigenvalue weighted by Crippen LogP contribution is 2.41. The van der Waals surface area contributed by atoms with Crippen molar-refractivity contribution >= 4 is 0 Å². The van der Waals surface area contributed by atoms with Crippen molar-refractivity contribution in [2.24, 2.45) is 5.73 Å². The summed E-state index contributed by atoms with van der Waals surface area (Å²) >= 11 is 0. The molecule has 1 aromatic rings. The summed E-state index contributed by atoms with van der Waals surface area (Å²) in [4.78, 5) is 0. The van der Waals surface area contributed by atoms with Gasteiger partial charge in [-0.1, -0.05) is 0 Å². The minimum Gasteiger partial charge on any atom is -0.464 e. The van der Waals surface area contributed by atoms with E-state index in [4.69, 9.17) is 10.2 Å². The van der Waals surface area contributed by atoms with E-state index in [1.165, 1.54) is 12.8 Å². The van der Waals surface area contributed by atoms with Crippen molar-refractivity contribution in [1.82, 2.24) is 0 Å². The summed E-state index contributed by atoms with van der Waals surface area (Å²) in [5.41, 5.74) is 5.56. The summed E-state index contributed by atoms with van der Waals surface area (Å²) in [5.74, 6) is 2.69. The second kappa shape index (κ2) is 2.36. The smallest absolute Gasteiger partial charge is 0.123 e. The Kier molecular flexibility index (Phi) is 1.55. The molecule has 0 spiro atoms. The highest BCUT2D eigenvalue weighted by Gasteiger charge is 2.28. The first-order chi connectivity index (χ1) is 5.57. The lowest BCUT2D eigenvalue weighted by Crippen LogP contribution is -2.27. The van der Waals surface area contributed by atoms with Gasteiger partial charge in [-0.05, 0) is 38.8 Å². The van der Waals surface area contributed by atoms with Crippen LogP contribution in [0.1, 0.15) is 44.1 Å². The molecule has 0 radical (unpaired) electrons. The van der Waals surface area contributed by atoms with Gasteiger partial charge in [0.15, 0.2) is 0 Å². The van der Waals surface area contributed by atoms with E-state index in [1.807, 2.05) is 19.9 Å². The maximum Gasteiger partial charge on any atom is 0.123 e. The van der Waals surface area contributed by atoms with Crippen LogP contribution in [0.4, 0.5) is 0 Å². The lowest BCUT2D eigenvalue weighted by atomic mass is 10.0. The van der Waals surface area contributed by atoms with E-state index in [0.717, 1.165) is 11.5 Å². The van der Waals surface area contributed by atoms with Crippen molar-refractivity contribution in [3.63, 3.8) is 0 Å². The Bertz CT molecular complexity index is 278. The number of nitrogens with two attached hydrogens (primary N) is 1. The molecule has 1 saturated carbocycles. The van der Waals surface area contributed by atoms with Gasteiger partial charge in [-0.3, -0.25) is 0 Å². The molecule has 0 unspecified atom stereocenters. The van der Waals surface area contributed by atoms with Crippen molar-refractivity contribution in [1.29, 1.82) is 0 Å². The van der Waals surface area contributed by atoms with Gasteiger partial charge >= 0.3 is 0 Å². The first-order valence-corrected chi connectivity index (χ1v) is 4.46. The van der Waals surface area contributed by atoms with Crippen LogP contribution in [0.2, 0.25) is 0 Å². The molecular weight excluding hydrogens is 150 g/mol. The number of hydrogen-bond donors (Lipinski definition) is 1.